The van der Waals surface area contributed by atoms with Crippen LogP contribution in [0.3, 0.4) is 0 Å². The summed E-state index contributed by atoms with van der Waals surface area (Å²) in [6.07, 6.45) is 0.817. The van der Waals surface area contributed by atoms with Crippen molar-refractivity contribution in [3.63, 3.8) is 0 Å². The number of aryl methyl sites for hydroxylation is 1. The molecular weight excluding hydrogens is 286 g/mol. The van der Waals surface area contributed by atoms with Gasteiger partial charge < -0.3 is 10.4 Å². The summed E-state index contributed by atoms with van der Waals surface area (Å²) in [6.45, 7) is 3.75. The number of nitrogens with one attached hydrogen (secondary N) is 1. The fraction of sp³-hybridized carbons (Fsp3) is 0.455. The van der Waals surface area contributed by atoms with Crippen molar-refractivity contribution in [1.29, 1.82) is 0 Å². The van der Waals surface area contributed by atoms with Gasteiger partial charge in [-0.1, -0.05) is 0 Å². The zero-order chi connectivity index (χ0) is 12.4. The Kier molecular flexibility index (Phi) is 3.63. The fourth-order valence-electron chi connectivity index (χ4n) is 2.08. The molecule has 0 aromatic carbocycles. The molecule has 6 heteroatoms. The summed E-state index contributed by atoms with van der Waals surface area (Å²) >= 11 is 3.36. The highest BCUT2D eigenvalue weighted by Gasteiger charge is 2.29. The van der Waals surface area contributed by atoms with Crippen molar-refractivity contribution in [2.24, 2.45) is 0 Å². The van der Waals surface area contributed by atoms with E-state index in [0.29, 0.717) is 19.6 Å². The highest BCUT2D eigenvalue weighted by molar-refractivity contribution is 9.10. The summed E-state index contributed by atoms with van der Waals surface area (Å²) < 4.78 is 0.907. The van der Waals surface area contributed by atoms with E-state index in [9.17, 15) is 9.90 Å². The Morgan fingerprint density at radius 2 is 2.47 bits per heavy atom. The highest BCUT2D eigenvalue weighted by atomic mass is 79.9. The van der Waals surface area contributed by atoms with Gasteiger partial charge in [0.15, 0.2) is 0 Å². The van der Waals surface area contributed by atoms with E-state index in [2.05, 4.69) is 26.2 Å². The largest absolute Gasteiger partial charge is 0.465 e. The number of hydrogen-bond acceptors (Lipinski definition) is 3. The van der Waals surface area contributed by atoms with E-state index in [1.54, 1.807) is 6.20 Å². The van der Waals surface area contributed by atoms with Crippen LogP contribution in [0.15, 0.2) is 16.7 Å². The molecule has 92 valence electrons. The van der Waals surface area contributed by atoms with Gasteiger partial charge in [-0.2, -0.15) is 0 Å². The maximum absolute atomic E-state index is 11.2. The number of aromatic nitrogens is 1. The van der Waals surface area contributed by atoms with Gasteiger partial charge in [0, 0.05) is 30.3 Å². The number of carbonyl (C=O) groups is 1. The SMILES string of the molecule is Cc1cc(Br)cnc1C1CNCCN1C(=O)O. The zero-order valence-electron chi connectivity index (χ0n) is 9.48. The molecule has 2 N–H and O–H groups in total. The summed E-state index contributed by atoms with van der Waals surface area (Å²) in [5, 5.41) is 12.4. The van der Waals surface area contributed by atoms with Gasteiger partial charge in [-0.3, -0.25) is 9.88 Å². The summed E-state index contributed by atoms with van der Waals surface area (Å²) in [5.41, 5.74) is 1.82. The van der Waals surface area contributed by atoms with Crippen molar-refractivity contribution in [1.82, 2.24) is 15.2 Å². The summed E-state index contributed by atoms with van der Waals surface area (Å²) in [5.74, 6) is 0. The minimum Gasteiger partial charge on any atom is -0.465 e. The first kappa shape index (κ1) is 12.3. The Balaban J connectivity index is 2.32. The van der Waals surface area contributed by atoms with Gasteiger partial charge in [0.1, 0.15) is 0 Å². The van der Waals surface area contributed by atoms with Crippen LogP contribution < -0.4 is 5.32 Å². The van der Waals surface area contributed by atoms with Gasteiger partial charge in [-0.25, -0.2) is 4.79 Å². The maximum atomic E-state index is 11.2. The van der Waals surface area contributed by atoms with Crippen LogP contribution in [-0.4, -0.2) is 40.7 Å². The molecule has 0 bridgehead atoms. The van der Waals surface area contributed by atoms with Crippen LogP contribution in [0.25, 0.3) is 0 Å². The molecule has 1 aromatic rings. The Morgan fingerprint density at radius 3 is 3.12 bits per heavy atom. The first-order valence-electron chi connectivity index (χ1n) is 5.42. The van der Waals surface area contributed by atoms with Crippen molar-refractivity contribution in [3.8, 4) is 0 Å². The molecule has 0 saturated carbocycles. The van der Waals surface area contributed by atoms with Crippen molar-refractivity contribution >= 4 is 22.0 Å². The van der Waals surface area contributed by atoms with Gasteiger partial charge in [0.2, 0.25) is 0 Å². The Morgan fingerprint density at radius 1 is 1.71 bits per heavy atom. The molecular formula is C11H14BrN3O2. The average Bonchev–Trinajstić information content (AvgIpc) is 2.29. The molecule has 2 heterocycles. The molecule has 1 atom stereocenters. The third kappa shape index (κ3) is 2.58. The van der Waals surface area contributed by atoms with Crippen LogP contribution in [0.2, 0.25) is 0 Å². The standard InChI is InChI=1S/C11H14BrN3O2/c1-7-4-8(12)5-14-10(7)9-6-13-2-3-15(9)11(16)17/h4-5,9,13H,2-3,6H2,1H3,(H,16,17). The van der Waals surface area contributed by atoms with Crippen LogP contribution in [0.1, 0.15) is 17.3 Å². The van der Waals surface area contributed by atoms with Crippen LogP contribution in [-0.2, 0) is 0 Å². The molecule has 1 saturated heterocycles. The number of hydrogen-bond donors (Lipinski definition) is 2. The van der Waals surface area contributed by atoms with Gasteiger partial charge in [-0.05, 0) is 34.5 Å². The molecule has 1 aliphatic rings. The number of halogens is 1. The van der Waals surface area contributed by atoms with E-state index < -0.39 is 6.09 Å². The zero-order valence-corrected chi connectivity index (χ0v) is 11.1. The van der Waals surface area contributed by atoms with Crippen molar-refractivity contribution in [2.45, 2.75) is 13.0 Å². The number of piperazine rings is 1. The Bertz CT molecular complexity index is 439. The second-order valence-electron chi connectivity index (χ2n) is 4.05. The fourth-order valence-corrected chi connectivity index (χ4v) is 2.52. The predicted molar refractivity (Wildman–Crippen MR) is 67.0 cm³/mol. The highest BCUT2D eigenvalue weighted by Crippen LogP contribution is 2.25. The molecule has 17 heavy (non-hydrogen) atoms. The summed E-state index contributed by atoms with van der Waals surface area (Å²) in [4.78, 5) is 17.0. The second kappa shape index (κ2) is 5.01. The monoisotopic (exact) mass is 299 g/mol. The minimum absolute atomic E-state index is 0.200. The van der Waals surface area contributed by atoms with Gasteiger partial charge in [0.05, 0.1) is 11.7 Å². The Hall–Kier alpha value is -1.14. The number of nitrogens with zero attached hydrogens (tertiary/aromatic N) is 2. The predicted octanol–water partition coefficient (Wildman–Crippen LogP) is 1.78. The lowest BCUT2D eigenvalue weighted by atomic mass is 10.1. The molecule has 1 unspecified atom stereocenters. The van der Waals surface area contributed by atoms with Gasteiger partial charge in [-0.15, -0.1) is 0 Å². The van der Waals surface area contributed by atoms with Gasteiger partial charge in [0.25, 0.3) is 0 Å². The van der Waals surface area contributed by atoms with Crippen molar-refractivity contribution in [3.05, 3.63) is 28.0 Å². The molecule has 0 radical (unpaired) electrons. The molecule has 1 aliphatic heterocycles. The Labute approximate surface area is 108 Å². The lowest BCUT2D eigenvalue weighted by Gasteiger charge is -2.34. The minimum atomic E-state index is -0.888. The van der Waals surface area contributed by atoms with Gasteiger partial charge >= 0.3 is 6.09 Å². The molecule has 1 aromatic heterocycles. The third-order valence-corrected chi connectivity index (χ3v) is 3.32. The van der Waals surface area contributed by atoms with E-state index >= 15 is 0 Å². The summed E-state index contributed by atoms with van der Waals surface area (Å²) in [7, 11) is 0. The number of rotatable bonds is 1. The summed E-state index contributed by atoms with van der Waals surface area (Å²) in [6, 6.07) is 1.76. The van der Waals surface area contributed by atoms with E-state index in [-0.39, 0.29) is 6.04 Å². The average molecular weight is 300 g/mol. The molecule has 5 nitrogen and oxygen atoms in total. The molecule has 2 rings (SSSR count). The normalized spacial score (nSPS) is 20.4. The number of carboxylic acid groups (broad SMARTS) is 1. The number of amides is 1. The molecule has 0 spiro atoms. The lowest BCUT2D eigenvalue weighted by molar-refractivity contribution is 0.111. The van der Waals surface area contributed by atoms with Crippen LogP contribution in [0, 0.1) is 6.92 Å². The van der Waals surface area contributed by atoms with E-state index in [4.69, 9.17) is 0 Å². The second-order valence-corrected chi connectivity index (χ2v) is 4.97. The maximum Gasteiger partial charge on any atom is 0.407 e. The molecule has 1 fully saturated rings. The van der Waals surface area contributed by atoms with E-state index in [1.807, 2.05) is 13.0 Å². The first-order chi connectivity index (χ1) is 8.09. The van der Waals surface area contributed by atoms with Crippen molar-refractivity contribution in [2.75, 3.05) is 19.6 Å². The quantitative estimate of drug-likeness (QED) is 0.829. The molecule has 1 amide bonds. The lowest BCUT2D eigenvalue weighted by Crippen LogP contribution is -2.48. The smallest absolute Gasteiger partial charge is 0.407 e. The molecule has 0 aliphatic carbocycles. The van der Waals surface area contributed by atoms with Crippen LogP contribution in [0.5, 0.6) is 0 Å². The number of pyridine rings is 1. The van der Waals surface area contributed by atoms with E-state index in [0.717, 1.165) is 15.7 Å². The van der Waals surface area contributed by atoms with E-state index in [1.165, 1.54) is 4.90 Å². The topological polar surface area (TPSA) is 65.5 Å². The van der Waals surface area contributed by atoms with Crippen LogP contribution in [0.4, 0.5) is 4.79 Å². The first-order valence-corrected chi connectivity index (χ1v) is 6.21. The van der Waals surface area contributed by atoms with Crippen LogP contribution >= 0.6 is 15.9 Å². The third-order valence-electron chi connectivity index (χ3n) is 2.89. The van der Waals surface area contributed by atoms with Crippen molar-refractivity contribution < 1.29 is 9.90 Å².